The molecule has 0 unspecified atom stereocenters. The van der Waals surface area contributed by atoms with E-state index in [9.17, 15) is 14.4 Å². The Morgan fingerprint density at radius 1 is 1.13 bits per heavy atom. The molecule has 1 aliphatic rings. The van der Waals surface area contributed by atoms with Crippen LogP contribution in [-0.2, 0) is 17.9 Å². The van der Waals surface area contributed by atoms with E-state index in [1.165, 1.54) is 20.5 Å². The number of hydrogen-bond donors (Lipinski definition) is 0. The van der Waals surface area contributed by atoms with E-state index in [-0.39, 0.29) is 18.0 Å². The van der Waals surface area contributed by atoms with Crippen LogP contribution in [0.3, 0.4) is 0 Å². The van der Waals surface area contributed by atoms with Crippen LogP contribution in [0.4, 0.5) is 0 Å². The summed E-state index contributed by atoms with van der Waals surface area (Å²) in [6, 6.07) is 1.75. The van der Waals surface area contributed by atoms with Gasteiger partial charge in [0.1, 0.15) is 11.2 Å². The van der Waals surface area contributed by atoms with Gasteiger partial charge in [0.15, 0.2) is 0 Å². The first-order chi connectivity index (χ1) is 11.1. The molecular weight excluding hydrogens is 314 g/mol. The van der Waals surface area contributed by atoms with Crippen molar-refractivity contribution in [1.82, 2.24) is 14.0 Å². The first-order valence-electron chi connectivity index (χ1n) is 8.12. The molecule has 2 aromatic heterocycles. The van der Waals surface area contributed by atoms with Gasteiger partial charge in [-0.25, -0.2) is 4.79 Å². The highest BCUT2D eigenvalue weighted by molar-refractivity contribution is 7.17. The first-order valence-corrected chi connectivity index (χ1v) is 9.00. The van der Waals surface area contributed by atoms with Gasteiger partial charge in [0.25, 0.3) is 5.56 Å². The molecule has 1 amide bonds. The van der Waals surface area contributed by atoms with Crippen molar-refractivity contribution >= 4 is 27.5 Å². The molecule has 124 valence electrons. The Balaban J connectivity index is 1.99. The topological polar surface area (TPSA) is 64.3 Å². The number of carbonyl (C=O) groups excluding carboxylic acids is 1. The third-order valence-corrected chi connectivity index (χ3v) is 5.30. The van der Waals surface area contributed by atoms with Crippen LogP contribution in [0.15, 0.2) is 21.0 Å². The van der Waals surface area contributed by atoms with Gasteiger partial charge < -0.3 is 4.90 Å². The lowest BCUT2D eigenvalue weighted by atomic mass is 10.2. The van der Waals surface area contributed by atoms with Crippen molar-refractivity contribution in [2.45, 2.75) is 45.7 Å². The van der Waals surface area contributed by atoms with Crippen molar-refractivity contribution in [3.8, 4) is 0 Å². The molecule has 1 saturated heterocycles. The van der Waals surface area contributed by atoms with Gasteiger partial charge in [-0.15, -0.1) is 11.3 Å². The van der Waals surface area contributed by atoms with E-state index in [1.807, 2.05) is 4.90 Å². The summed E-state index contributed by atoms with van der Waals surface area (Å²) in [5.74, 6) is -0.0391. The third kappa shape index (κ3) is 2.97. The summed E-state index contributed by atoms with van der Waals surface area (Å²) in [6.07, 6.45) is 4.34. The largest absolute Gasteiger partial charge is 0.341 e. The summed E-state index contributed by atoms with van der Waals surface area (Å²) < 4.78 is 3.19. The van der Waals surface area contributed by atoms with E-state index in [0.717, 1.165) is 38.8 Å². The normalized spacial score (nSPS) is 15.8. The number of hydrogen-bond acceptors (Lipinski definition) is 4. The second-order valence-corrected chi connectivity index (χ2v) is 6.76. The molecule has 0 aromatic carbocycles. The fourth-order valence-electron chi connectivity index (χ4n) is 3.12. The number of nitrogens with zero attached hydrogens (tertiary/aromatic N) is 3. The Labute approximate surface area is 138 Å². The zero-order chi connectivity index (χ0) is 16.4. The van der Waals surface area contributed by atoms with Crippen LogP contribution in [0.5, 0.6) is 0 Å². The maximum atomic E-state index is 12.6. The number of thiophene rings is 1. The quantitative estimate of drug-likeness (QED) is 0.857. The minimum Gasteiger partial charge on any atom is -0.341 e. The van der Waals surface area contributed by atoms with Crippen LogP contribution < -0.4 is 11.2 Å². The second kappa shape index (κ2) is 6.70. The molecule has 0 bridgehead atoms. The first kappa shape index (κ1) is 16.0. The molecule has 0 aliphatic carbocycles. The van der Waals surface area contributed by atoms with Crippen LogP contribution in [-0.4, -0.2) is 33.0 Å². The van der Waals surface area contributed by atoms with Gasteiger partial charge >= 0.3 is 5.69 Å². The highest BCUT2D eigenvalue weighted by Gasteiger charge is 2.19. The average Bonchev–Trinajstić information content (AvgIpc) is 2.86. The lowest BCUT2D eigenvalue weighted by Gasteiger charge is -2.21. The van der Waals surface area contributed by atoms with E-state index < -0.39 is 5.69 Å². The van der Waals surface area contributed by atoms with Gasteiger partial charge in [0.05, 0.1) is 5.52 Å². The SMILES string of the molecule is CCn1c(=O)c2sccc2n(CC(=O)N2CCCCCC2)c1=O. The summed E-state index contributed by atoms with van der Waals surface area (Å²) in [5, 5.41) is 1.79. The highest BCUT2D eigenvalue weighted by Crippen LogP contribution is 2.16. The molecule has 2 aromatic rings. The zero-order valence-corrected chi connectivity index (χ0v) is 14.1. The van der Waals surface area contributed by atoms with Gasteiger partial charge in [0.2, 0.25) is 5.91 Å². The predicted octanol–water partition coefficient (Wildman–Crippen LogP) is 1.65. The predicted molar refractivity (Wildman–Crippen MR) is 91.1 cm³/mol. The van der Waals surface area contributed by atoms with Gasteiger partial charge in [-0.3, -0.25) is 18.7 Å². The number of rotatable bonds is 3. The van der Waals surface area contributed by atoms with Crippen molar-refractivity contribution in [1.29, 1.82) is 0 Å². The summed E-state index contributed by atoms with van der Waals surface area (Å²) in [7, 11) is 0. The Bertz CT molecular complexity index is 825. The molecule has 1 fully saturated rings. The molecule has 3 heterocycles. The van der Waals surface area contributed by atoms with Crippen molar-refractivity contribution < 1.29 is 4.79 Å². The fourth-order valence-corrected chi connectivity index (χ4v) is 3.96. The lowest BCUT2D eigenvalue weighted by molar-refractivity contribution is -0.131. The molecule has 0 N–H and O–H groups in total. The van der Waals surface area contributed by atoms with Crippen LogP contribution >= 0.6 is 11.3 Å². The maximum absolute atomic E-state index is 12.6. The van der Waals surface area contributed by atoms with Crippen LogP contribution in [0, 0.1) is 0 Å². The van der Waals surface area contributed by atoms with Gasteiger partial charge in [0, 0.05) is 19.6 Å². The number of aromatic nitrogens is 2. The van der Waals surface area contributed by atoms with Gasteiger partial charge in [-0.1, -0.05) is 12.8 Å². The average molecular weight is 335 g/mol. The fraction of sp³-hybridized carbons (Fsp3) is 0.562. The molecule has 0 saturated carbocycles. The molecule has 7 heteroatoms. The smallest absolute Gasteiger partial charge is 0.331 e. The summed E-state index contributed by atoms with van der Waals surface area (Å²) in [4.78, 5) is 39.3. The van der Waals surface area contributed by atoms with E-state index in [1.54, 1.807) is 18.4 Å². The number of carbonyl (C=O) groups is 1. The summed E-state index contributed by atoms with van der Waals surface area (Å²) >= 11 is 1.31. The van der Waals surface area contributed by atoms with Crippen molar-refractivity contribution in [3.05, 3.63) is 32.3 Å². The minimum atomic E-state index is -0.397. The van der Waals surface area contributed by atoms with E-state index in [4.69, 9.17) is 0 Å². The van der Waals surface area contributed by atoms with Gasteiger partial charge in [-0.2, -0.15) is 0 Å². The number of likely N-dealkylation sites (tertiary alicyclic amines) is 1. The number of fused-ring (bicyclic) bond motifs is 1. The number of amides is 1. The van der Waals surface area contributed by atoms with Crippen LogP contribution in [0.1, 0.15) is 32.6 Å². The van der Waals surface area contributed by atoms with Crippen molar-refractivity contribution in [3.63, 3.8) is 0 Å². The third-order valence-electron chi connectivity index (χ3n) is 4.40. The molecule has 6 nitrogen and oxygen atoms in total. The summed E-state index contributed by atoms with van der Waals surface area (Å²) in [6.45, 7) is 3.60. The second-order valence-electron chi connectivity index (χ2n) is 5.85. The Kier molecular flexibility index (Phi) is 4.66. The molecule has 0 atom stereocenters. The molecular formula is C16H21N3O3S. The molecule has 3 rings (SSSR count). The van der Waals surface area contributed by atoms with Crippen molar-refractivity contribution in [2.24, 2.45) is 0 Å². The van der Waals surface area contributed by atoms with Gasteiger partial charge in [-0.05, 0) is 31.2 Å². The molecule has 0 spiro atoms. The van der Waals surface area contributed by atoms with Crippen molar-refractivity contribution in [2.75, 3.05) is 13.1 Å². The lowest BCUT2D eigenvalue weighted by Crippen LogP contribution is -2.43. The molecule has 0 radical (unpaired) electrons. The standard InChI is InChI=1S/C16H21N3O3S/c1-2-18-15(21)14-12(7-10-23-14)19(16(18)22)11-13(20)17-8-5-3-4-6-9-17/h7,10H,2-6,8-9,11H2,1H3. The highest BCUT2D eigenvalue weighted by atomic mass is 32.1. The monoisotopic (exact) mass is 335 g/mol. The molecule has 23 heavy (non-hydrogen) atoms. The Morgan fingerprint density at radius 3 is 2.48 bits per heavy atom. The minimum absolute atomic E-state index is 0.00630. The van der Waals surface area contributed by atoms with Crippen LogP contribution in [0.25, 0.3) is 10.2 Å². The van der Waals surface area contributed by atoms with E-state index in [2.05, 4.69) is 0 Å². The summed E-state index contributed by atoms with van der Waals surface area (Å²) in [5.41, 5.74) is -0.0922. The Hall–Kier alpha value is -1.89. The maximum Gasteiger partial charge on any atom is 0.331 e. The van der Waals surface area contributed by atoms with E-state index >= 15 is 0 Å². The van der Waals surface area contributed by atoms with E-state index in [0.29, 0.717) is 16.8 Å². The zero-order valence-electron chi connectivity index (χ0n) is 13.3. The van der Waals surface area contributed by atoms with Crippen LogP contribution in [0.2, 0.25) is 0 Å². The molecule has 1 aliphatic heterocycles. The Morgan fingerprint density at radius 2 is 1.83 bits per heavy atom.